The summed E-state index contributed by atoms with van der Waals surface area (Å²) < 4.78 is 2.79. The van der Waals surface area contributed by atoms with E-state index in [1.807, 2.05) is 31.2 Å². The summed E-state index contributed by atoms with van der Waals surface area (Å²) in [6.07, 6.45) is 0. The average Bonchev–Trinajstić information content (AvgIpc) is 3.12. The minimum atomic E-state index is -0.304. The summed E-state index contributed by atoms with van der Waals surface area (Å²) in [5.41, 5.74) is 2.16. The van der Waals surface area contributed by atoms with Gasteiger partial charge in [-0.1, -0.05) is 18.2 Å². The Kier molecular flexibility index (Phi) is 3.21. The normalized spacial score (nSPS) is 11.3. The van der Waals surface area contributed by atoms with Crippen molar-refractivity contribution in [3.63, 3.8) is 0 Å². The number of aryl methyl sites for hydroxylation is 3. The van der Waals surface area contributed by atoms with Crippen molar-refractivity contribution < 1.29 is 0 Å². The van der Waals surface area contributed by atoms with Gasteiger partial charge in [0.05, 0.1) is 16.6 Å². The number of aromatic amines is 2. The lowest BCUT2D eigenvalue weighted by molar-refractivity contribution is 0.856. The fraction of sp³-hybridized carbons (Fsp3) is 0.176. The molecule has 0 saturated heterocycles. The third kappa shape index (κ3) is 2.22. The number of nitrogens with zero attached hydrogens (tertiary/aromatic N) is 4. The minimum absolute atomic E-state index is 0.220. The van der Waals surface area contributed by atoms with Crippen LogP contribution in [0.1, 0.15) is 17.1 Å². The molecular formula is C17H16N6O2. The van der Waals surface area contributed by atoms with Crippen molar-refractivity contribution in [2.75, 3.05) is 0 Å². The third-order valence-electron chi connectivity index (χ3n) is 4.25. The highest BCUT2D eigenvalue weighted by Crippen LogP contribution is 2.16. The first-order valence-electron chi connectivity index (χ1n) is 7.80. The van der Waals surface area contributed by atoms with Crippen molar-refractivity contribution in [1.82, 2.24) is 29.5 Å². The number of rotatable bonds is 2. The molecule has 2 N–H and O–H groups in total. The van der Waals surface area contributed by atoms with Crippen LogP contribution >= 0.6 is 0 Å². The zero-order valence-corrected chi connectivity index (χ0v) is 14.0. The van der Waals surface area contributed by atoms with Gasteiger partial charge in [-0.2, -0.15) is 4.98 Å². The standard InChI is InChI=1S/C17H16N6O2/c1-9-6-4-5-7-13(9)23-16(25)15-10(2)22(14(24)8-12(15)21-23)17-18-11(3)19-20-17/h4-8,21H,1-3H3,(H,18,19,20). The van der Waals surface area contributed by atoms with Crippen molar-refractivity contribution in [2.45, 2.75) is 20.8 Å². The van der Waals surface area contributed by atoms with Crippen LogP contribution in [-0.4, -0.2) is 29.5 Å². The molecule has 4 rings (SSSR count). The molecule has 0 aliphatic heterocycles. The molecule has 25 heavy (non-hydrogen) atoms. The molecule has 0 aliphatic rings. The predicted octanol–water partition coefficient (Wildman–Crippen LogP) is 1.51. The van der Waals surface area contributed by atoms with Crippen molar-refractivity contribution in [2.24, 2.45) is 0 Å². The van der Waals surface area contributed by atoms with E-state index in [0.29, 0.717) is 22.4 Å². The monoisotopic (exact) mass is 336 g/mol. The molecule has 0 bridgehead atoms. The van der Waals surface area contributed by atoms with E-state index in [4.69, 9.17) is 0 Å². The topological polar surface area (TPSA) is 101 Å². The van der Waals surface area contributed by atoms with Crippen LogP contribution in [0.25, 0.3) is 22.5 Å². The van der Waals surface area contributed by atoms with E-state index in [1.165, 1.54) is 15.3 Å². The fourth-order valence-electron chi connectivity index (χ4n) is 3.04. The summed E-state index contributed by atoms with van der Waals surface area (Å²) in [7, 11) is 0. The molecule has 0 spiro atoms. The Bertz CT molecular complexity index is 1220. The molecule has 1 aromatic carbocycles. The number of benzene rings is 1. The van der Waals surface area contributed by atoms with Crippen LogP contribution in [0.3, 0.4) is 0 Å². The number of H-pyrrole nitrogens is 2. The first-order chi connectivity index (χ1) is 12.0. The second kappa shape index (κ2) is 5.30. The highest BCUT2D eigenvalue weighted by molar-refractivity contribution is 5.81. The number of hydrogen-bond donors (Lipinski definition) is 2. The maximum Gasteiger partial charge on any atom is 0.280 e. The molecule has 0 unspecified atom stereocenters. The lowest BCUT2D eigenvalue weighted by Gasteiger charge is -2.05. The zero-order valence-electron chi connectivity index (χ0n) is 14.0. The summed E-state index contributed by atoms with van der Waals surface area (Å²) in [6, 6.07) is 8.95. The molecule has 8 heteroatoms. The first kappa shape index (κ1) is 15.1. The second-order valence-electron chi connectivity index (χ2n) is 5.95. The second-order valence-corrected chi connectivity index (χ2v) is 5.95. The summed E-state index contributed by atoms with van der Waals surface area (Å²) in [6.45, 7) is 5.39. The minimum Gasteiger partial charge on any atom is -0.290 e. The van der Waals surface area contributed by atoms with E-state index in [0.717, 1.165) is 11.3 Å². The molecule has 0 amide bonds. The molecule has 0 atom stereocenters. The van der Waals surface area contributed by atoms with Gasteiger partial charge in [0, 0.05) is 11.8 Å². The van der Waals surface area contributed by atoms with Crippen LogP contribution in [0.4, 0.5) is 0 Å². The van der Waals surface area contributed by atoms with Gasteiger partial charge < -0.3 is 0 Å². The van der Waals surface area contributed by atoms with Crippen LogP contribution in [0, 0.1) is 20.8 Å². The van der Waals surface area contributed by atoms with Crippen LogP contribution in [-0.2, 0) is 0 Å². The number of pyridine rings is 1. The highest BCUT2D eigenvalue weighted by atomic mass is 16.1. The zero-order chi connectivity index (χ0) is 17.7. The maximum absolute atomic E-state index is 13.0. The Morgan fingerprint density at radius 2 is 1.84 bits per heavy atom. The number of aromatic nitrogens is 6. The Morgan fingerprint density at radius 1 is 1.08 bits per heavy atom. The molecule has 126 valence electrons. The molecule has 4 aromatic rings. The highest BCUT2D eigenvalue weighted by Gasteiger charge is 2.18. The van der Waals surface area contributed by atoms with Crippen molar-refractivity contribution in [1.29, 1.82) is 0 Å². The molecule has 0 saturated carbocycles. The molecule has 3 heterocycles. The van der Waals surface area contributed by atoms with Gasteiger partial charge >= 0.3 is 0 Å². The number of fused-ring (bicyclic) bond motifs is 1. The molecule has 0 radical (unpaired) electrons. The lowest BCUT2D eigenvalue weighted by atomic mass is 10.2. The van der Waals surface area contributed by atoms with Crippen LogP contribution in [0.5, 0.6) is 0 Å². The maximum atomic E-state index is 13.0. The van der Waals surface area contributed by atoms with Gasteiger partial charge in [-0.05, 0) is 32.4 Å². The van der Waals surface area contributed by atoms with Crippen molar-refractivity contribution in [3.05, 3.63) is 68.1 Å². The van der Waals surface area contributed by atoms with E-state index < -0.39 is 0 Å². The summed E-state index contributed by atoms with van der Waals surface area (Å²) in [5, 5.41) is 10.2. The number of nitrogens with one attached hydrogen (secondary N) is 2. The molecule has 3 aromatic heterocycles. The lowest BCUT2D eigenvalue weighted by Crippen LogP contribution is -2.23. The average molecular weight is 336 g/mol. The van der Waals surface area contributed by atoms with Gasteiger partial charge in [0.15, 0.2) is 0 Å². The molecule has 0 fully saturated rings. The van der Waals surface area contributed by atoms with Gasteiger partial charge in [0.25, 0.3) is 17.1 Å². The number of para-hydroxylation sites is 1. The Labute approximate surface area is 141 Å². The van der Waals surface area contributed by atoms with Gasteiger partial charge in [0.2, 0.25) is 0 Å². The fourth-order valence-corrected chi connectivity index (χ4v) is 3.04. The van der Waals surface area contributed by atoms with Crippen LogP contribution < -0.4 is 11.1 Å². The number of hydrogen-bond acceptors (Lipinski definition) is 4. The molecule has 8 nitrogen and oxygen atoms in total. The Balaban J connectivity index is 2.06. The van der Waals surface area contributed by atoms with Crippen LogP contribution in [0.15, 0.2) is 39.9 Å². The summed E-state index contributed by atoms with van der Waals surface area (Å²) in [4.78, 5) is 29.7. The van der Waals surface area contributed by atoms with E-state index in [1.54, 1.807) is 13.8 Å². The largest absolute Gasteiger partial charge is 0.290 e. The first-order valence-corrected chi connectivity index (χ1v) is 7.80. The quantitative estimate of drug-likeness (QED) is 0.579. The van der Waals surface area contributed by atoms with Gasteiger partial charge in [0.1, 0.15) is 5.82 Å². The van der Waals surface area contributed by atoms with Gasteiger partial charge in [-0.25, -0.2) is 9.25 Å². The van der Waals surface area contributed by atoms with Crippen molar-refractivity contribution >= 4 is 10.9 Å². The van der Waals surface area contributed by atoms with E-state index in [9.17, 15) is 9.59 Å². The van der Waals surface area contributed by atoms with Crippen LogP contribution in [0.2, 0.25) is 0 Å². The smallest absolute Gasteiger partial charge is 0.280 e. The molecule has 0 aliphatic carbocycles. The Morgan fingerprint density at radius 3 is 2.52 bits per heavy atom. The van der Waals surface area contributed by atoms with E-state index >= 15 is 0 Å². The van der Waals surface area contributed by atoms with E-state index in [-0.39, 0.29) is 17.1 Å². The summed E-state index contributed by atoms with van der Waals surface area (Å²) in [5.74, 6) is 0.817. The van der Waals surface area contributed by atoms with E-state index in [2.05, 4.69) is 20.3 Å². The molecular weight excluding hydrogens is 320 g/mol. The van der Waals surface area contributed by atoms with Gasteiger partial charge in [-0.15, -0.1) is 5.10 Å². The SMILES string of the molecule is Cc1nc(-n2c(C)c3c(=O)n(-c4ccccc4C)[nH]c3cc2=O)n[nH]1. The van der Waals surface area contributed by atoms with Crippen molar-refractivity contribution in [3.8, 4) is 11.6 Å². The van der Waals surface area contributed by atoms with Gasteiger partial charge in [-0.3, -0.25) is 19.8 Å². The predicted molar refractivity (Wildman–Crippen MR) is 93.6 cm³/mol. The Hall–Kier alpha value is -3.42. The third-order valence-corrected chi connectivity index (χ3v) is 4.25. The summed E-state index contributed by atoms with van der Waals surface area (Å²) >= 11 is 0.